The van der Waals surface area contributed by atoms with E-state index in [2.05, 4.69) is 15.5 Å². The number of amides is 2. The number of hydrogen-bond acceptors (Lipinski definition) is 8. The van der Waals surface area contributed by atoms with E-state index in [0.717, 1.165) is 39.3 Å². The van der Waals surface area contributed by atoms with Gasteiger partial charge in [-0.05, 0) is 37.0 Å². The average Bonchev–Trinajstić information content (AvgIpc) is 3.51. The predicted octanol–water partition coefficient (Wildman–Crippen LogP) is 3.45. The van der Waals surface area contributed by atoms with Crippen molar-refractivity contribution in [1.29, 1.82) is 0 Å². The van der Waals surface area contributed by atoms with E-state index in [4.69, 9.17) is 4.74 Å². The van der Waals surface area contributed by atoms with Gasteiger partial charge in [-0.2, -0.15) is 0 Å². The van der Waals surface area contributed by atoms with E-state index in [1.54, 1.807) is 7.11 Å². The van der Waals surface area contributed by atoms with Crippen LogP contribution in [-0.4, -0.2) is 58.1 Å². The monoisotopic (exact) mass is 466 g/mol. The molecule has 30 heavy (non-hydrogen) atoms. The summed E-state index contributed by atoms with van der Waals surface area (Å²) >= 11 is 4.20. The second-order valence-corrected chi connectivity index (χ2v) is 10.3. The third-order valence-corrected chi connectivity index (χ3v) is 7.60. The van der Waals surface area contributed by atoms with Crippen molar-refractivity contribution in [2.45, 2.75) is 47.5 Å². The summed E-state index contributed by atoms with van der Waals surface area (Å²) in [4.78, 5) is 26.5. The molecule has 1 aliphatic rings. The molecule has 7 nitrogen and oxygen atoms in total. The molecule has 162 valence electrons. The molecule has 1 aromatic carbocycles. The lowest BCUT2D eigenvalue weighted by atomic mass is 10.2. The predicted molar refractivity (Wildman–Crippen MR) is 121 cm³/mol. The standard InChI is InChI=1S/C20H26N4O3S3/c1-3-10-21-17(25)12-28-19-22-23-20(30-19)29-13-18(26)24(15-6-7-15)11-14-4-8-16(27-2)9-5-14/h4-5,8-9,15H,3,6-7,10-13H2,1-2H3,(H,21,25). The smallest absolute Gasteiger partial charge is 0.233 e. The topological polar surface area (TPSA) is 84.4 Å². The molecule has 0 aliphatic heterocycles. The normalized spacial score (nSPS) is 13.1. The van der Waals surface area contributed by atoms with Crippen molar-refractivity contribution < 1.29 is 14.3 Å². The first-order chi connectivity index (χ1) is 14.6. The molecule has 0 saturated heterocycles. The van der Waals surface area contributed by atoms with E-state index < -0.39 is 0 Å². The summed E-state index contributed by atoms with van der Waals surface area (Å²) in [5, 5.41) is 11.1. The zero-order chi connectivity index (χ0) is 21.3. The van der Waals surface area contributed by atoms with Gasteiger partial charge in [0.15, 0.2) is 8.68 Å². The number of aromatic nitrogens is 2. The summed E-state index contributed by atoms with van der Waals surface area (Å²) in [6.07, 6.45) is 3.04. The van der Waals surface area contributed by atoms with Crippen LogP contribution >= 0.6 is 34.9 Å². The van der Waals surface area contributed by atoms with Gasteiger partial charge in [0.25, 0.3) is 0 Å². The Labute approximate surface area is 189 Å². The molecule has 10 heteroatoms. The molecule has 0 spiro atoms. The molecule has 1 aliphatic carbocycles. The molecule has 0 bridgehead atoms. The highest BCUT2D eigenvalue weighted by molar-refractivity contribution is 8.03. The third kappa shape index (κ3) is 7.17. The van der Waals surface area contributed by atoms with Crippen LogP contribution in [0.25, 0.3) is 0 Å². The maximum Gasteiger partial charge on any atom is 0.233 e. The molecule has 1 aromatic heterocycles. The first-order valence-corrected chi connectivity index (χ1v) is 12.7. The van der Waals surface area contributed by atoms with Gasteiger partial charge in [0.1, 0.15) is 5.75 Å². The van der Waals surface area contributed by atoms with E-state index in [1.807, 2.05) is 36.1 Å². The Morgan fingerprint density at radius 3 is 2.43 bits per heavy atom. The first kappa shape index (κ1) is 22.9. The Morgan fingerprint density at radius 2 is 1.83 bits per heavy atom. The fraction of sp³-hybridized carbons (Fsp3) is 0.500. The van der Waals surface area contributed by atoms with Crippen molar-refractivity contribution in [3.63, 3.8) is 0 Å². The van der Waals surface area contributed by atoms with Crippen molar-refractivity contribution in [1.82, 2.24) is 20.4 Å². The summed E-state index contributed by atoms with van der Waals surface area (Å²) in [5.41, 5.74) is 1.09. The van der Waals surface area contributed by atoms with Crippen LogP contribution in [0, 0.1) is 0 Å². The molecular weight excluding hydrogens is 440 g/mol. The second kappa shape index (κ2) is 11.6. The number of hydrogen-bond donors (Lipinski definition) is 1. The lowest BCUT2D eigenvalue weighted by molar-refractivity contribution is -0.129. The molecule has 1 saturated carbocycles. The number of nitrogens with zero attached hydrogens (tertiary/aromatic N) is 3. The molecule has 2 aromatic rings. The summed E-state index contributed by atoms with van der Waals surface area (Å²) in [6.45, 7) is 3.31. The fourth-order valence-electron chi connectivity index (χ4n) is 2.70. The summed E-state index contributed by atoms with van der Waals surface area (Å²) in [7, 11) is 1.64. The first-order valence-electron chi connectivity index (χ1n) is 9.87. The van der Waals surface area contributed by atoms with Crippen LogP contribution in [0.2, 0.25) is 0 Å². The second-order valence-electron chi connectivity index (χ2n) is 6.86. The van der Waals surface area contributed by atoms with Gasteiger partial charge in [0, 0.05) is 19.1 Å². The Kier molecular flexibility index (Phi) is 8.83. The van der Waals surface area contributed by atoms with Gasteiger partial charge >= 0.3 is 0 Å². The molecule has 2 amide bonds. The van der Waals surface area contributed by atoms with Crippen LogP contribution in [0.4, 0.5) is 0 Å². The van der Waals surface area contributed by atoms with Crippen LogP contribution in [-0.2, 0) is 16.1 Å². The fourth-order valence-corrected chi connectivity index (χ4v) is 5.43. The van der Waals surface area contributed by atoms with Crippen molar-refractivity contribution in [2.75, 3.05) is 25.2 Å². The van der Waals surface area contributed by atoms with Gasteiger partial charge in [-0.15, -0.1) is 10.2 Å². The van der Waals surface area contributed by atoms with Crippen molar-refractivity contribution in [3.8, 4) is 5.75 Å². The van der Waals surface area contributed by atoms with Gasteiger partial charge in [0.05, 0.1) is 18.6 Å². The number of thioether (sulfide) groups is 2. The van der Waals surface area contributed by atoms with Gasteiger partial charge in [-0.1, -0.05) is 53.9 Å². The number of nitrogens with one attached hydrogen (secondary N) is 1. The summed E-state index contributed by atoms with van der Waals surface area (Å²) in [6, 6.07) is 8.17. The highest BCUT2D eigenvalue weighted by Gasteiger charge is 2.32. The third-order valence-electron chi connectivity index (χ3n) is 4.43. The quantitative estimate of drug-likeness (QED) is 0.480. The molecule has 0 unspecified atom stereocenters. The van der Waals surface area contributed by atoms with E-state index in [1.165, 1.54) is 34.9 Å². The largest absolute Gasteiger partial charge is 0.497 e. The molecule has 0 atom stereocenters. The molecule has 1 fully saturated rings. The van der Waals surface area contributed by atoms with Gasteiger partial charge in [-0.3, -0.25) is 9.59 Å². The molecule has 1 heterocycles. The number of rotatable bonds is 12. The lowest BCUT2D eigenvalue weighted by Crippen LogP contribution is -2.33. The Balaban J connectivity index is 1.47. The number of carbonyl (C=O) groups is 2. The SMILES string of the molecule is CCCNC(=O)CSc1nnc(SCC(=O)N(Cc2ccc(OC)cc2)C2CC2)s1. The highest BCUT2D eigenvalue weighted by Crippen LogP contribution is 2.32. The van der Waals surface area contributed by atoms with Gasteiger partial charge in [0.2, 0.25) is 11.8 Å². The maximum atomic E-state index is 12.8. The Hall–Kier alpha value is -1.78. The minimum atomic E-state index is 0.0000352. The van der Waals surface area contributed by atoms with Crippen LogP contribution in [0.3, 0.4) is 0 Å². The van der Waals surface area contributed by atoms with Gasteiger partial charge < -0.3 is 15.0 Å². The van der Waals surface area contributed by atoms with E-state index >= 15 is 0 Å². The van der Waals surface area contributed by atoms with Gasteiger partial charge in [-0.25, -0.2) is 0 Å². The number of carbonyl (C=O) groups excluding carboxylic acids is 2. The zero-order valence-electron chi connectivity index (χ0n) is 17.1. The van der Waals surface area contributed by atoms with Crippen LogP contribution in [0.1, 0.15) is 31.7 Å². The Morgan fingerprint density at radius 1 is 1.17 bits per heavy atom. The number of methoxy groups -OCH3 is 1. The number of benzene rings is 1. The molecule has 1 N–H and O–H groups in total. The van der Waals surface area contributed by atoms with Crippen LogP contribution in [0.5, 0.6) is 5.75 Å². The summed E-state index contributed by atoms with van der Waals surface area (Å²) in [5.74, 6) is 1.59. The van der Waals surface area contributed by atoms with Crippen LogP contribution in [0.15, 0.2) is 32.9 Å². The Bertz CT molecular complexity index is 840. The van der Waals surface area contributed by atoms with E-state index in [9.17, 15) is 9.59 Å². The van der Waals surface area contributed by atoms with Crippen molar-refractivity contribution >= 4 is 46.7 Å². The zero-order valence-corrected chi connectivity index (χ0v) is 19.6. The average molecular weight is 467 g/mol. The van der Waals surface area contributed by atoms with Crippen molar-refractivity contribution in [2.24, 2.45) is 0 Å². The lowest BCUT2D eigenvalue weighted by Gasteiger charge is -2.22. The molecule has 0 radical (unpaired) electrons. The van der Waals surface area contributed by atoms with E-state index in [-0.39, 0.29) is 11.8 Å². The van der Waals surface area contributed by atoms with Crippen molar-refractivity contribution in [3.05, 3.63) is 29.8 Å². The van der Waals surface area contributed by atoms with Crippen LogP contribution < -0.4 is 10.1 Å². The molecule has 3 rings (SSSR count). The molecular formula is C20H26N4O3S3. The minimum absolute atomic E-state index is 0.0000352. The minimum Gasteiger partial charge on any atom is -0.497 e. The highest BCUT2D eigenvalue weighted by atomic mass is 32.2. The number of ether oxygens (including phenoxy) is 1. The van der Waals surface area contributed by atoms with E-state index in [0.29, 0.717) is 30.6 Å². The maximum absolute atomic E-state index is 12.8. The summed E-state index contributed by atoms with van der Waals surface area (Å²) < 4.78 is 6.69.